The molecule has 0 spiro atoms. The molecule has 4 atom stereocenters. The first-order chi connectivity index (χ1) is 20.4. The third-order valence-corrected chi connectivity index (χ3v) is 8.75. The molecule has 5 rings (SSSR count). The van der Waals surface area contributed by atoms with Crippen molar-refractivity contribution in [2.75, 3.05) is 34.9 Å². The zero-order valence-corrected chi connectivity index (χ0v) is 25.4. The van der Waals surface area contributed by atoms with E-state index in [0.717, 1.165) is 0 Å². The molecule has 1 fully saturated rings. The van der Waals surface area contributed by atoms with Gasteiger partial charge in [0.05, 0.1) is 39.5 Å². The van der Waals surface area contributed by atoms with Crippen LogP contribution in [0.4, 0.5) is 0 Å². The standard InChI is InChI=1S/C31H34N4O8/c1-13-26(38)17-9-19-21(11-32)35-20(25(34(19)5)24(17)27(39)29(13)40-6)10-18-23(22(35)12-33-15(3)36)31(42-8)30(41-7)14(2)28(18)43-16(4)37/h10,19,21-22,25H,9,12H2,1-8H3,(H,33,36)/t19-,21-,22-,25-/m0/s1. The molecule has 1 saturated heterocycles. The van der Waals surface area contributed by atoms with Crippen LogP contribution in [0.3, 0.4) is 0 Å². The molecule has 2 bridgehead atoms. The number of amides is 1. The molecule has 1 amide bonds. The van der Waals surface area contributed by atoms with Crippen molar-refractivity contribution in [3.8, 4) is 23.3 Å². The van der Waals surface area contributed by atoms with E-state index in [4.69, 9.17) is 18.9 Å². The maximum Gasteiger partial charge on any atom is 0.308 e. The highest BCUT2D eigenvalue weighted by Gasteiger charge is 2.56. The Balaban J connectivity index is 1.88. The molecule has 12 nitrogen and oxygen atoms in total. The van der Waals surface area contributed by atoms with Gasteiger partial charge in [-0.25, -0.2) is 0 Å². The molecule has 0 unspecified atom stereocenters. The van der Waals surface area contributed by atoms with Gasteiger partial charge in [-0.3, -0.25) is 24.1 Å². The minimum Gasteiger partial charge on any atom is -0.492 e. The van der Waals surface area contributed by atoms with Gasteiger partial charge < -0.3 is 29.2 Å². The number of methoxy groups -OCH3 is 3. The van der Waals surface area contributed by atoms with Gasteiger partial charge in [-0.1, -0.05) is 0 Å². The van der Waals surface area contributed by atoms with Crippen LogP contribution in [0.2, 0.25) is 0 Å². The summed E-state index contributed by atoms with van der Waals surface area (Å²) in [6.07, 6.45) is 1.95. The Morgan fingerprint density at radius 1 is 1.05 bits per heavy atom. The smallest absolute Gasteiger partial charge is 0.308 e. The van der Waals surface area contributed by atoms with Gasteiger partial charge in [0.15, 0.2) is 23.0 Å². The third-order valence-electron chi connectivity index (χ3n) is 8.75. The van der Waals surface area contributed by atoms with Crippen LogP contribution in [0.15, 0.2) is 28.2 Å². The van der Waals surface area contributed by atoms with Crippen molar-refractivity contribution in [3.05, 3.63) is 44.9 Å². The Labute approximate surface area is 249 Å². The number of carbonyl (C=O) groups is 4. The lowest BCUT2D eigenvalue weighted by molar-refractivity contribution is -0.132. The van der Waals surface area contributed by atoms with Crippen LogP contribution in [0.5, 0.6) is 17.2 Å². The van der Waals surface area contributed by atoms with E-state index in [0.29, 0.717) is 39.5 Å². The molecular formula is C31H34N4O8. The number of hydrogen-bond donors (Lipinski definition) is 1. The molecule has 0 radical (unpaired) electrons. The summed E-state index contributed by atoms with van der Waals surface area (Å²) in [5.41, 5.74) is 2.96. The molecule has 12 heteroatoms. The average Bonchev–Trinajstić information content (AvgIpc) is 2.96. The number of nitriles is 1. The number of ketones is 2. The Bertz CT molecular complexity index is 1610. The molecule has 1 aromatic rings. The molecule has 3 aliphatic heterocycles. The highest BCUT2D eigenvalue weighted by molar-refractivity contribution is 6.25. The molecule has 3 heterocycles. The van der Waals surface area contributed by atoms with Crippen molar-refractivity contribution in [1.29, 1.82) is 5.26 Å². The van der Waals surface area contributed by atoms with Crippen LogP contribution in [0.1, 0.15) is 49.9 Å². The van der Waals surface area contributed by atoms with Crippen LogP contribution >= 0.6 is 0 Å². The summed E-state index contributed by atoms with van der Waals surface area (Å²) >= 11 is 0. The molecule has 1 N–H and O–H groups in total. The first-order valence-corrected chi connectivity index (χ1v) is 13.8. The number of benzene rings is 1. The van der Waals surface area contributed by atoms with Crippen LogP contribution in [-0.4, -0.2) is 86.3 Å². The minimum absolute atomic E-state index is 0.0148. The Morgan fingerprint density at radius 2 is 1.72 bits per heavy atom. The zero-order valence-electron chi connectivity index (χ0n) is 25.4. The number of nitrogens with one attached hydrogen (secondary N) is 1. The predicted molar refractivity (Wildman–Crippen MR) is 153 cm³/mol. The fourth-order valence-electron chi connectivity index (χ4n) is 6.99. The van der Waals surface area contributed by atoms with E-state index in [1.165, 1.54) is 35.2 Å². The fraction of sp³-hybridized carbons (Fsp3) is 0.452. The number of esters is 1. The predicted octanol–water partition coefficient (Wildman–Crippen LogP) is 2.12. The monoisotopic (exact) mass is 590 g/mol. The lowest BCUT2D eigenvalue weighted by atomic mass is 9.71. The second-order valence-electron chi connectivity index (χ2n) is 11.0. The number of likely N-dealkylation sites (N-methyl/N-ethyl adjacent to an activating group) is 1. The van der Waals surface area contributed by atoms with E-state index in [2.05, 4.69) is 11.4 Å². The largest absolute Gasteiger partial charge is 0.492 e. The molecule has 0 saturated carbocycles. The highest BCUT2D eigenvalue weighted by Crippen LogP contribution is 2.55. The van der Waals surface area contributed by atoms with Crippen LogP contribution < -0.4 is 19.5 Å². The van der Waals surface area contributed by atoms with Crippen LogP contribution in [-0.2, 0) is 23.9 Å². The van der Waals surface area contributed by atoms with Crippen molar-refractivity contribution in [1.82, 2.24) is 15.1 Å². The SMILES string of the molecule is COC1=C(C)C(=O)C2=C(C1=O)[C@@H]1C3=Cc4c(OC(C)=O)c(C)c(OC)c(OC)c4[C@H](CNC(C)=O)N3[C@@H](C#N)[C@H](C2)N1C. The third kappa shape index (κ3) is 4.29. The fourth-order valence-corrected chi connectivity index (χ4v) is 6.99. The number of hydrogen-bond acceptors (Lipinski definition) is 11. The van der Waals surface area contributed by atoms with E-state index < -0.39 is 35.9 Å². The Morgan fingerprint density at radius 3 is 2.28 bits per heavy atom. The van der Waals surface area contributed by atoms with Gasteiger partial charge in [0.1, 0.15) is 11.8 Å². The maximum atomic E-state index is 13.9. The normalized spacial score (nSPS) is 24.3. The Kier molecular flexibility index (Phi) is 7.56. The van der Waals surface area contributed by atoms with Crippen LogP contribution in [0, 0.1) is 18.3 Å². The lowest BCUT2D eigenvalue weighted by Crippen LogP contribution is -2.66. The van der Waals surface area contributed by atoms with Gasteiger partial charge in [-0.2, -0.15) is 5.26 Å². The Hall–Kier alpha value is -4.63. The quantitative estimate of drug-likeness (QED) is 0.295. The molecule has 1 aromatic carbocycles. The molecule has 1 aliphatic carbocycles. The van der Waals surface area contributed by atoms with Crippen molar-refractivity contribution >= 4 is 29.5 Å². The van der Waals surface area contributed by atoms with E-state index in [1.54, 1.807) is 19.9 Å². The summed E-state index contributed by atoms with van der Waals surface area (Å²) in [5, 5.41) is 13.5. The van der Waals surface area contributed by atoms with E-state index >= 15 is 0 Å². The second-order valence-corrected chi connectivity index (χ2v) is 11.0. The number of allylic oxidation sites excluding steroid dienone is 2. The number of Topliss-reactive ketones (excluding diaryl/α,β-unsaturated/α-hetero) is 2. The van der Waals surface area contributed by atoms with Gasteiger partial charge in [0.2, 0.25) is 11.7 Å². The van der Waals surface area contributed by atoms with Gasteiger partial charge in [0, 0.05) is 65.5 Å². The first-order valence-electron chi connectivity index (χ1n) is 13.8. The molecule has 0 aromatic heterocycles. The van der Waals surface area contributed by atoms with E-state index in [9.17, 15) is 24.4 Å². The molecule has 43 heavy (non-hydrogen) atoms. The number of nitrogens with zero attached hydrogens (tertiary/aromatic N) is 3. The average molecular weight is 591 g/mol. The summed E-state index contributed by atoms with van der Waals surface area (Å²) in [4.78, 5) is 55.9. The number of carbonyl (C=O) groups excluding carboxylic acids is 4. The van der Waals surface area contributed by atoms with Crippen molar-refractivity contribution in [2.24, 2.45) is 0 Å². The topological polar surface area (TPSA) is 148 Å². The van der Waals surface area contributed by atoms with Gasteiger partial charge >= 0.3 is 5.97 Å². The van der Waals surface area contributed by atoms with Crippen molar-refractivity contribution < 1.29 is 38.1 Å². The highest BCUT2D eigenvalue weighted by atomic mass is 16.5. The number of rotatable bonds is 6. The maximum absolute atomic E-state index is 13.9. The summed E-state index contributed by atoms with van der Waals surface area (Å²) in [5.74, 6) is -0.615. The van der Waals surface area contributed by atoms with E-state index in [-0.39, 0.29) is 47.3 Å². The summed E-state index contributed by atoms with van der Waals surface area (Å²) in [6.45, 7) is 6.04. The van der Waals surface area contributed by atoms with Crippen molar-refractivity contribution in [3.63, 3.8) is 0 Å². The summed E-state index contributed by atoms with van der Waals surface area (Å²) in [6, 6.07) is -0.260. The molecular weight excluding hydrogens is 556 g/mol. The second kappa shape index (κ2) is 10.9. The van der Waals surface area contributed by atoms with Gasteiger partial charge in [-0.15, -0.1) is 0 Å². The molecule has 226 valence electrons. The summed E-state index contributed by atoms with van der Waals surface area (Å²) in [7, 11) is 6.14. The van der Waals surface area contributed by atoms with E-state index in [1.807, 2.05) is 16.8 Å². The number of piperazine rings is 1. The number of ether oxygens (including phenoxy) is 4. The lowest BCUT2D eigenvalue weighted by Gasteiger charge is -2.57. The van der Waals surface area contributed by atoms with Gasteiger partial charge in [0.25, 0.3) is 0 Å². The van der Waals surface area contributed by atoms with Crippen molar-refractivity contribution in [2.45, 2.75) is 58.3 Å². The van der Waals surface area contributed by atoms with Crippen LogP contribution in [0.25, 0.3) is 6.08 Å². The number of fused-ring (bicyclic) bond motifs is 6. The first kappa shape index (κ1) is 29.8. The molecule has 4 aliphatic rings. The minimum atomic E-state index is -0.793. The van der Waals surface area contributed by atoms with Gasteiger partial charge in [-0.05, 0) is 33.4 Å². The zero-order chi connectivity index (χ0) is 31.5. The summed E-state index contributed by atoms with van der Waals surface area (Å²) < 4.78 is 22.7.